The molecule has 0 aromatic carbocycles. The molecule has 1 atom stereocenters. The number of nitriles is 1. The monoisotopic (exact) mass is 169 g/mol. The van der Waals surface area contributed by atoms with E-state index in [0.29, 0.717) is 12.8 Å². The lowest BCUT2D eigenvalue weighted by Gasteiger charge is -2.09. The predicted molar refractivity (Wildman–Crippen MR) is 39.3 cm³/mol. The predicted octanol–water partition coefficient (Wildman–Crippen LogP) is 0.465. The SMILES string of the molecule is N#CC1=NC(S(=O)[O-])=CCC1. The van der Waals surface area contributed by atoms with Crippen LogP contribution in [0.5, 0.6) is 0 Å². The van der Waals surface area contributed by atoms with Gasteiger partial charge in [-0.05, 0) is 17.5 Å². The summed E-state index contributed by atoms with van der Waals surface area (Å²) in [6.07, 6.45) is 2.62. The van der Waals surface area contributed by atoms with E-state index in [1.165, 1.54) is 6.08 Å². The van der Waals surface area contributed by atoms with Crippen LogP contribution < -0.4 is 0 Å². The van der Waals surface area contributed by atoms with Crippen molar-refractivity contribution in [3.63, 3.8) is 0 Å². The van der Waals surface area contributed by atoms with Crippen molar-refractivity contribution in [1.82, 2.24) is 0 Å². The molecule has 1 unspecified atom stereocenters. The van der Waals surface area contributed by atoms with Crippen molar-refractivity contribution in [3.8, 4) is 6.07 Å². The standard InChI is InChI=1S/C6H6N2O2S/c7-4-5-2-1-3-6(8-5)11(9)10/h3H,1-2H2,(H,9,10)/p-1. The molecule has 0 aromatic rings. The molecule has 0 aliphatic carbocycles. The van der Waals surface area contributed by atoms with Gasteiger partial charge in [0.15, 0.2) is 0 Å². The van der Waals surface area contributed by atoms with E-state index in [1.54, 1.807) is 0 Å². The Hall–Kier alpha value is -0.990. The normalized spacial score (nSPS) is 19.6. The van der Waals surface area contributed by atoms with Crippen molar-refractivity contribution in [2.24, 2.45) is 4.99 Å². The van der Waals surface area contributed by atoms with Crippen LogP contribution in [-0.4, -0.2) is 14.5 Å². The van der Waals surface area contributed by atoms with Gasteiger partial charge in [0.05, 0.1) is 0 Å². The molecule has 0 N–H and O–H groups in total. The first-order valence-electron chi connectivity index (χ1n) is 3.01. The summed E-state index contributed by atoms with van der Waals surface area (Å²) in [7, 11) is 0. The lowest BCUT2D eigenvalue weighted by Crippen LogP contribution is -2.03. The smallest absolute Gasteiger partial charge is 0.119 e. The Kier molecular flexibility index (Phi) is 2.52. The first-order valence-corrected chi connectivity index (χ1v) is 4.08. The first-order chi connectivity index (χ1) is 5.24. The van der Waals surface area contributed by atoms with E-state index < -0.39 is 11.1 Å². The fourth-order valence-electron chi connectivity index (χ4n) is 0.753. The van der Waals surface area contributed by atoms with Crippen molar-refractivity contribution in [1.29, 1.82) is 5.26 Å². The van der Waals surface area contributed by atoms with Gasteiger partial charge < -0.3 is 4.55 Å². The molecule has 0 bridgehead atoms. The van der Waals surface area contributed by atoms with Crippen LogP contribution in [0.2, 0.25) is 0 Å². The minimum absolute atomic E-state index is 0.0206. The molecule has 0 aromatic heterocycles. The molecule has 0 saturated carbocycles. The van der Waals surface area contributed by atoms with Crippen LogP contribution in [0.3, 0.4) is 0 Å². The van der Waals surface area contributed by atoms with E-state index in [1.807, 2.05) is 6.07 Å². The van der Waals surface area contributed by atoms with Crippen LogP contribution in [0.4, 0.5) is 0 Å². The quantitative estimate of drug-likeness (QED) is 0.535. The largest absolute Gasteiger partial charge is 0.767 e. The summed E-state index contributed by atoms with van der Waals surface area (Å²) in [6, 6.07) is 1.82. The van der Waals surface area contributed by atoms with Crippen LogP contribution in [0.25, 0.3) is 0 Å². The average Bonchev–Trinajstić information content (AvgIpc) is 2.05. The molecule has 0 fully saturated rings. The third-order valence-corrected chi connectivity index (χ3v) is 1.84. The van der Waals surface area contributed by atoms with Crippen molar-refractivity contribution < 1.29 is 8.76 Å². The van der Waals surface area contributed by atoms with Crippen LogP contribution in [0.15, 0.2) is 16.1 Å². The van der Waals surface area contributed by atoms with Gasteiger partial charge in [0, 0.05) is 6.42 Å². The summed E-state index contributed by atoms with van der Waals surface area (Å²) < 4.78 is 20.7. The van der Waals surface area contributed by atoms with Crippen LogP contribution in [-0.2, 0) is 11.1 Å². The Morgan fingerprint density at radius 1 is 1.82 bits per heavy atom. The lowest BCUT2D eigenvalue weighted by atomic mass is 10.2. The van der Waals surface area contributed by atoms with Crippen molar-refractivity contribution >= 4 is 16.8 Å². The highest BCUT2D eigenvalue weighted by Crippen LogP contribution is 2.12. The third kappa shape index (κ3) is 1.97. The Balaban J connectivity index is 2.87. The maximum atomic E-state index is 10.3. The zero-order valence-corrected chi connectivity index (χ0v) is 6.43. The molecule has 11 heavy (non-hydrogen) atoms. The van der Waals surface area contributed by atoms with Gasteiger partial charge >= 0.3 is 0 Å². The van der Waals surface area contributed by atoms with Gasteiger partial charge in [-0.2, -0.15) is 5.26 Å². The molecule has 1 aliphatic heterocycles. The Morgan fingerprint density at radius 2 is 2.55 bits per heavy atom. The number of hydrogen-bond acceptors (Lipinski definition) is 4. The third-order valence-electron chi connectivity index (χ3n) is 1.25. The lowest BCUT2D eigenvalue weighted by molar-refractivity contribution is 0.542. The highest BCUT2D eigenvalue weighted by atomic mass is 32.2. The van der Waals surface area contributed by atoms with Crippen molar-refractivity contribution in [2.45, 2.75) is 12.8 Å². The van der Waals surface area contributed by atoms with E-state index in [0.717, 1.165) is 0 Å². The number of rotatable bonds is 1. The van der Waals surface area contributed by atoms with Crippen LogP contribution in [0.1, 0.15) is 12.8 Å². The van der Waals surface area contributed by atoms with Crippen LogP contribution >= 0.6 is 0 Å². The Morgan fingerprint density at radius 3 is 3.09 bits per heavy atom. The van der Waals surface area contributed by atoms with Gasteiger partial charge in [0.2, 0.25) is 0 Å². The highest BCUT2D eigenvalue weighted by molar-refractivity contribution is 7.83. The second-order valence-corrected chi connectivity index (χ2v) is 2.87. The summed E-state index contributed by atoms with van der Waals surface area (Å²) in [6.45, 7) is 0. The molecule has 1 heterocycles. The van der Waals surface area contributed by atoms with Crippen molar-refractivity contribution in [2.75, 3.05) is 0 Å². The minimum Gasteiger partial charge on any atom is -0.767 e. The highest BCUT2D eigenvalue weighted by Gasteiger charge is 2.05. The van der Waals surface area contributed by atoms with E-state index in [-0.39, 0.29) is 10.7 Å². The van der Waals surface area contributed by atoms with Gasteiger partial charge in [0.1, 0.15) is 16.8 Å². The molecule has 0 saturated heterocycles. The molecule has 5 heteroatoms. The number of hydrogen-bond donors (Lipinski definition) is 0. The summed E-state index contributed by atoms with van der Waals surface area (Å²) in [5.74, 6) is 0. The summed E-state index contributed by atoms with van der Waals surface area (Å²) in [5, 5.41) is 8.36. The fourth-order valence-corrected chi connectivity index (χ4v) is 1.19. The molecule has 0 radical (unpaired) electrons. The number of nitrogens with zero attached hydrogens (tertiary/aromatic N) is 2. The van der Waals surface area contributed by atoms with Gasteiger partial charge in [-0.15, -0.1) is 0 Å². The molecule has 0 spiro atoms. The molecular formula is C6H5N2O2S-. The van der Waals surface area contributed by atoms with E-state index in [9.17, 15) is 8.76 Å². The maximum Gasteiger partial charge on any atom is 0.119 e. The molecular weight excluding hydrogens is 164 g/mol. The van der Waals surface area contributed by atoms with Gasteiger partial charge in [-0.25, -0.2) is 4.99 Å². The van der Waals surface area contributed by atoms with Crippen molar-refractivity contribution in [3.05, 3.63) is 11.1 Å². The molecule has 1 aliphatic rings. The van der Waals surface area contributed by atoms with Gasteiger partial charge in [0.25, 0.3) is 0 Å². The van der Waals surface area contributed by atoms with E-state index >= 15 is 0 Å². The zero-order chi connectivity index (χ0) is 8.27. The first kappa shape index (κ1) is 8.11. The average molecular weight is 169 g/mol. The molecule has 0 amide bonds. The van der Waals surface area contributed by atoms with E-state index in [4.69, 9.17) is 5.26 Å². The number of allylic oxidation sites excluding steroid dienone is 1. The summed E-state index contributed by atoms with van der Waals surface area (Å²) in [5.41, 5.74) is 0.284. The summed E-state index contributed by atoms with van der Waals surface area (Å²) in [4.78, 5) is 3.60. The van der Waals surface area contributed by atoms with Gasteiger partial charge in [-0.3, -0.25) is 4.21 Å². The van der Waals surface area contributed by atoms with Crippen LogP contribution in [0, 0.1) is 11.3 Å². The molecule has 58 valence electrons. The molecule has 4 nitrogen and oxygen atoms in total. The van der Waals surface area contributed by atoms with E-state index in [2.05, 4.69) is 4.99 Å². The minimum atomic E-state index is -2.30. The second-order valence-electron chi connectivity index (χ2n) is 1.99. The van der Waals surface area contributed by atoms with Gasteiger partial charge in [-0.1, -0.05) is 6.08 Å². The second kappa shape index (κ2) is 3.42. The topological polar surface area (TPSA) is 76.3 Å². The maximum absolute atomic E-state index is 10.3. The Bertz CT molecular complexity index is 287. The Labute approximate surface area is 66.5 Å². The fraction of sp³-hybridized carbons (Fsp3) is 0.333. The number of aliphatic imine (C=N–C) groups is 1. The summed E-state index contributed by atoms with van der Waals surface area (Å²) >= 11 is -2.30. The zero-order valence-electron chi connectivity index (χ0n) is 5.61. The molecule has 1 rings (SSSR count).